The third-order valence-corrected chi connectivity index (χ3v) is 3.11. The maximum absolute atomic E-state index is 6.00. The molecule has 4 heteroatoms. The minimum Gasteiger partial charge on any atom is -0.378 e. The smallest absolute Gasteiger partial charge is 0.152 e. The number of nitrogens with one attached hydrogen (secondary N) is 1. The van der Waals surface area contributed by atoms with Gasteiger partial charge in [-0.15, -0.1) is 0 Å². The predicted molar refractivity (Wildman–Crippen MR) is 75.5 cm³/mol. The van der Waals surface area contributed by atoms with Crippen LogP contribution >= 0.6 is 27.5 Å². The van der Waals surface area contributed by atoms with Crippen LogP contribution < -0.4 is 5.32 Å². The Morgan fingerprint density at radius 2 is 2.18 bits per heavy atom. The van der Waals surface area contributed by atoms with Gasteiger partial charge in [-0.25, -0.2) is 4.98 Å². The van der Waals surface area contributed by atoms with Gasteiger partial charge >= 0.3 is 0 Å². The summed E-state index contributed by atoms with van der Waals surface area (Å²) >= 11 is 9.37. The van der Waals surface area contributed by atoms with E-state index in [2.05, 4.69) is 51.4 Å². The Morgan fingerprint density at radius 3 is 2.94 bits per heavy atom. The van der Waals surface area contributed by atoms with Gasteiger partial charge in [0, 0.05) is 17.2 Å². The summed E-state index contributed by atoms with van der Waals surface area (Å²) in [6.07, 6.45) is 1.68. The number of anilines is 1. The van der Waals surface area contributed by atoms with Crippen LogP contribution in [0.1, 0.15) is 11.1 Å². The Morgan fingerprint density at radius 1 is 1.35 bits per heavy atom. The number of hydrogen-bond acceptors (Lipinski definition) is 2. The van der Waals surface area contributed by atoms with E-state index < -0.39 is 0 Å². The molecule has 0 aliphatic carbocycles. The third-order valence-electron chi connectivity index (χ3n) is 2.37. The number of halogens is 2. The van der Waals surface area contributed by atoms with Crippen molar-refractivity contribution in [1.29, 1.82) is 0 Å². The number of benzene rings is 1. The van der Waals surface area contributed by atoms with Crippen molar-refractivity contribution in [2.24, 2.45) is 0 Å². The first-order chi connectivity index (χ1) is 8.15. The molecular weight excluding hydrogens is 300 g/mol. The molecule has 0 unspecified atom stereocenters. The van der Waals surface area contributed by atoms with Gasteiger partial charge < -0.3 is 5.32 Å². The molecule has 1 aromatic heterocycles. The molecule has 0 amide bonds. The first-order valence-corrected chi connectivity index (χ1v) is 6.43. The van der Waals surface area contributed by atoms with Gasteiger partial charge in [-0.2, -0.15) is 0 Å². The highest BCUT2D eigenvalue weighted by Crippen LogP contribution is 2.23. The molecule has 0 fully saturated rings. The lowest BCUT2D eigenvalue weighted by Crippen LogP contribution is -2.00. The van der Waals surface area contributed by atoms with E-state index in [0.717, 1.165) is 16.7 Å². The van der Waals surface area contributed by atoms with Crippen molar-refractivity contribution in [3.63, 3.8) is 0 Å². The molecule has 0 aliphatic heterocycles. The topological polar surface area (TPSA) is 24.9 Å². The quantitative estimate of drug-likeness (QED) is 0.849. The van der Waals surface area contributed by atoms with Gasteiger partial charge in [-0.1, -0.05) is 41.4 Å². The van der Waals surface area contributed by atoms with E-state index >= 15 is 0 Å². The third kappa shape index (κ3) is 3.45. The SMILES string of the molecule is Cc1cccc(CNc2cc(Br)cnc2Cl)c1. The summed E-state index contributed by atoms with van der Waals surface area (Å²) in [6.45, 7) is 2.82. The fraction of sp³-hybridized carbons (Fsp3) is 0.154. The van der Waals surface area contributed by atoms with Crippen LogP contribution in [-0.4, -0.2) is 4.98 Å². The van der Waals surface area contributed by atoms with Crippen molar-refractivity contribution in [2.45, 2.75) is 13.5 Å². The van der Waals surface area contributed by atoms with E-state index in [4.69, 9.17) is 11.6 Å². The van der Waals surface area contributed by atoms with Crippen LogP contribution in [0.25, 0.3) is 0 Å². The fourth-order valence-corrected chi connectivity index (χ4v) is 2.07. The minimum atomic E-state index is 0.487. The van der Waals surface area contributed by atoms with E-state index in [1.165, 1.54) is 11.1 Å². The highest BCUT2D eigenvalue weighted by atomic mass is 79.9. The van der Waals surface area contributed by atoms with Crippen molar-refractivity contribution in [3.8, 4) is 0 Å². The number of aromatic nitrogens is 1. The Kier molecular flexibility index (Phi) is 4.02. The molecule has 2 rings (SSSR count). The molecule has 2 aromatic rings. The summed E-state index contributed by atoms with van der Waals surface area (Å²) in [4.78, 5) is 4.06. The number of hydrogen-bond donors (Lipinski definition) is 1. The lowest BCUT2D eigenvalue weighted by Gasteiger charge is -2.08. The molecule has 1 N–H and O–H groups in total. The van der Waals surface area contributed by atoms with Gasteiger partial charge in [-0.3, -0.25) is 0 Å². The van der Waals surface area contributed by atoms with Crippen molar-refractivity contribution in [3.05, 3.63) is 57.3 Å². The molecule has 1 heterocycles. The Labute approximate surface area is 114 Å². The van der Waals surface area contributed by atoms with E-state index in [9.17, 15) is 0 Å². The fourth-order valence-electron chi connectivity index (χ4n) is 1.57. The van der Waals surface area contributed by atoms with Gasteiger partial charge in [0.25, 0.3) is 0 Å². The maximum Gasteiger partial charge on any atom is 0.152 e. The summed E-state index contributed by atoms with van der Waals surface area (Å²) in [5, 5.41) is 3.76. The van der Waals surface area contributed by atoms with Gasteiger partial charge in [0.1, 0.15) is 0 Å². The van der Waals surface area contributed by atoms with Crippen molar-refractivity contribution < 1.29 is 0 Å². The average Bonchev–Trinajstić information content (AvgIpc) is 2.30. The second-order valence-corrected chi connectivity index (χ2v) is 5.11. The number of pyridine rings is 1. The van der Waals surface area contributed by atoms with Gasteiger partial charge in [-0.05, 0) is 34.5 Å². The molecule has 0 saturated carbocycles. The first-order valence-electron chi connectivity index (χ1n) is 5.25. The zero-order valence-corrected chi connectivity index (χ0v) is 11.7. The maximum atomic E-state index is 6.00. The standard InChI is InChI=1S/C13H12BrClN2/c1-9-3-2-4-10(5-9)7-16-12-6-11(14)8-17-13(12)15/h2-6,8,16H,7H2,1H3. The van der Waals surface area contributed by atoms with E-state index in [1.54, 1.807) is 6.20 Å². The van der Waals surface area contributed by atoms with Gasteiger partial charge in [0.2, 0.25) is 0 Å². The number of aryl methyl sites for hydroxylation is 1. The predicted octanol–water partition coefficient (Wildman–Crippen LogP) is 4.42. The summed E-state index contributed by atoms with van der Waals surface area (Å²) in [7, 11) is 0. The molecule has 0 saturated heterocycles. The summed E-state index contributed by atoms with van der Waals surface area (Å²) in [5.41, 5.74) is 3.31. The van der Waals surface area contributed by atoms with Crippen molar-refractivity contribution in [1.82, 2.24) is 4.98 Å². The summed E-state index contributed by atoms with van der Waals surface area (Å²) in [6, 6.07) is 10.3. The second kappa shape index (κ2) is 5.52. The Bertz CT molecular complexity index is 529. The van der Waals surface area contributed by atoms with Crippen molar-refractivity contribution in [2.75, 3.05) is 5.32 Å². The molecule has 2 nitrogen and oxygen atoms in total. The number of rotatable bonds is 3. The second-order valence-electron chi connectivity index (χ2n) is 3.83. The monoisotopic (exact) mass is 310 g/mol. The van der Waals surface area contributed by atoms with E-state index in [0.29, 0.717) is 5.15 Å². The lowest BCUT2D eigenvalue weighted by atomic mass is 10.1. The zero-order valence-electron chi connectivity index (χ0n) is 9.37. The average molecular weight is 312 g/mol. The first kappa shape index (κ1) is 12.4. The Balaban J connectivity index is 2.09. The molecule has 0 bridgehead atoms. The van der Waals surface area contributed by atoms with Crippen LogP contribution in [0.5, 0.6) is 0 Å². The van der Waals surface area contributed by atoms with Gasteiger partial charge in [0.05, 0.1) is 5.69 Å². The van der Waals surface area contributed by atoms with E-state index in [1.807, 2.05) is 12.1 Å². The van der Waals surface area contributed by atoms with Crippen LogP contribution in [0, 0.1) is 6.92 Å². The van der Waals surface area contributed by atoms with Crippen molar-refractivity contribution >= 4 is 33.2 Å². The number of nitrogens with zero attached hydrogens (tertiary/aromatic N) is 1. The molecule has 0 spiro atoms. The van der Waals surface area contributed by atoms with E-state index in [-0.39, 0.29) is 0 Å². The largest absolute Gasteiger partial charge is 0.378 e. The van der Waals surface area contributed by atoms with Gasteiger partial charge in [0.15, 0.2) is 5.15 Å². The molecule has 0 atom stereocenters. The van der Waals surface area contributed by atoms with Crippen LogP contribution in [0.2, 0.25) is 5.15 Å². The zero-order chi connectivity index (χ0) is 12.3. The molecule has 1 aromatic carbocycles. The highest BCUT2D eigenvalue weighted by molar-refractivity contribution is 9.10. The van der Waals surface area contributed by atoms with Crippen LogP contribution in [0.3, 0.4) is 0 Å². The normalized spacial score (nSPS) is 10.3. The minimum absolute atomic E-state index is 0.487. The Hall–Kier alpha value is -1.06. The van der Waals surface area contributed by atoms with Crippen LogP contribution in [-0.2, 0) is 6.54 Å². The van der Waals surface area contributed by atoms with Crippen LogP contribution in [0.15, 0.2) is 41.0 Å². The molecule has 0 radical (unpaired) electrons. The molecule has 0 aliphatic rings. The summed E-state index contributed by atoms with van der Waals surface area (Å²) < 4.78 is 0.911. The summed E-state index contributed by atoms with van der Waals surface area (Å²) in [5.74, 6) is 0. The molecule has 17 heavy (non-hydrogen) atoms. The van der Waals surface area contributed by atoms with Crippen LogP contribution in [0.4, 0.5) is 5.69 Å². The molecule has 88 valence electrons. The highest BCUT2D eigenvalue weighted by Gasteiger charge is 2.02. The lowest BCUT2D eigenvalue weighted by molar-refractivity contribution is 1.13. The molecular formula is C13H12BrClN2.